The molecule has 1 aromatic carbocycles. The molecule has 2 heterocycles. The molecule has 0 aliphatic carbocycles. The lowest BCUT2D eigenvalue weighted by Crippen LogP contribution is -2.56. The summed E-state index contributed by atoms with van der Waals surface area (Å²) >= 11 is 0. The van der Waals surface area contributed by atoms with Crippen LogP contribution in [0.25, 0.3) is 0 Å². The summed E-state index contributed by atoms with van der Waals surface area (Å²) in [6.07, 6.45) is 5.48. The normalized spacial score (nSPS) is 26.0. The monoisotopic (exact) mass is 404 g/mol. The highest BCUT2D eigenvalue weighted by Gasteiger charge is 2.36. The van der Waals surface area contributed by atoms with Gasteiger partial charge in [-0.3, -0.25) is 4.99 Å². The second-order valence-corrected chi connectivity index (χ2v) is 8.10. The summed E-state index contributed by atoms with van der Waals surface area (Å²) < 4.78 is 10.6. The van der Waals surface area contributed by atoms with Gasteiger partial charge in [0.1, 0.15) is 11.5 Å². The zero-order valence-corrected chi connectivity index (χ0v) is 18.1. The molecule has 2 bridgehead atoms. The number of methoxy groups -OCH3 is 2. The second-order valence-electron chi connectivity index (χ2n) is 8.10. The number of aliphatic hydroxyl groups excluding tert-OH is 1. The molecular formula is C22H36N4O3. The highest BCUT2D eigenvalue weighted by Crippen LogP contribution is 2.32. The summed E-state index contributed by atoms with van der Waals surface area (Å²) in [7, 11) is 5.48. The van der Waals surface area contributed by atoms with Crippen molar-refractivity contribution in [2.75, 3.05) is 34.4 Å². The van der Waals surface area contributed by atoms with Crippen LogP contribution in [-0.2, 0) is 0 Å². The van der Waals surface area contributed by atoms with Crippen molar-refractivity contribution in [1.29, 1.82) is 0 Å². The van der Waals surface area contributed by atoms with E-state index in [2.05, 4.69) is 34.5 Å². The van der Waals surface area contributed by atoms with Gasteiger partial charge in [-0.2, -0.15) is 0 Å². The molecule has 7 nitrogen and oxygen atoms in total. The number of guanidine groups is 1. The molecule has 162 valence electrons. The van der Waals surface area contributed by atoms with Gasteiger partial charge in [0.15, 0.2) is 5.96 Å². The number of ether oxygens (including phenoxy) is 2. The van der Waals surface area contributed by atoms with E-state index in [1.54, 1.807) is 20.3 Å². The van der Waals surface area contributed by atoms with E-state index in [4.69, 9.17) is 9.47 Å². The molecule has 0 radical (unpaired) electrons. The van der Waals surface area contributed by atoms with E-state index in [1.165, 1.54) is 19.3 Å². The predicted molar refractivity (Wildman–Crippen MR) is 116 cm³/mol. The number of rotatable bonds is 7. The van der Waals surface area contributed by atoms with Crippen LogP contribution in [0.15, 0.2) is 23.2 Å². The van der Waals surface area contributed by atoms with Crippen LogP contribution in [0.5, 0.6) is 11.5 Å². The average Bonchev–Trinajstić information content (AvgIpc) is 2.72. The van der Waals surface area contributed by atoms with Crippen LogP contribution >= 0.6 is 0 Å². The van der Waals surface area contributed by atoms with Gasteiger partial charge in [0.25, 0.3) is 0 Å². The fourth-order valence-corrected chi connectivity index (χ4v) is 4.55. The SMILES string of the molecule is CCNC(=NCC(O)c1cc(OC)cc(OC)c1)NC1CC2CCCC(C1)N2C. The van der Waals surface area contributed by atoms with Crippen molar-refractivity contribution in [3.05, 3.63) is 23.8 Å². The highest BCUT2D eigenvalue weighted by molar-refractivity contribution is 5.80. The number of aliphatic hydroxyl groups is 1. The standard InChI is InChI=1S/C22H36N4O3/c1-5-23-22(25-16-11-17-7-6-8-18(12-16)26(17)2)24-14-21(27)15-9-19(28-3)13-20(10-15)29-4/h9-10,13,16-18,21,27H,5-8,11-12,14H2,1-4H3,(H2,23,24,25). The number of nitrogens with one attached hydrogen (secondary N) is 2. The van der Waals surface area contributed by atoms with Crippen molar-refractivity contribution in [3.8, 4) is 11.5 Å². The Kier molecular flexibility index (Phi) is 7.61. The minimum Gasteiger partial charge on any atom is -0.497 e. The van der Waals surface area contributed by atoms with E-state index in [0.29, 0.717) is 29.6 Å². The Balaban J connectivity index is 1.64. The number of nitrogens with zero attached hydrogens (tertiary/aromatic N) is 2. The maximum atomic E-state index is 10.7. The summed E-state index contributed by atoms with van der Waals surface area (Å²) in [6, 6.07) is 7.19. The molecule has 0 saturated carbocycles. The molecule has 0 aromatic heterocycles. The third kappa shape index (κ3) is 5.54. The zero-order chi connectivity index (χ0) is 20.8. The van der Waals surface area contributed by atoms with Crippen molar-refractivity contribution < 1.29 is 14.6 Å². The van der Waals surface area contributed by atoms with Crippen LogP contribution in [0.1, 0.15) is 50.7 Å². The summed E-state index contributed by atoms with van der Waals surface area (Å²) in [5.74, 6) is 2.09. The molecule has 0 spiro atoms. The van der Waals surface area contributed by atoms with Gasteiger partial charge in [-0.25, -0.2) is 0 Å². The maximum Gasteiger partial charge on any atom is 0.191 e. The smallest absolute Gasteiger partial charge is 0.191 e. The zero-order valence-electron chi connectivity index (χ0n) is 18.1. The van der Waals surface area contributed by atoms with Crippen molar-refractivity contribution in [1.82, 2.24) is 15.5 Å². The topological polar surface area (TPSA) is 78.4 Å². The number of piperidine rings is 2. The molecule has 3 rings (SSSR count). The van der Waals surface area contributed by atoms with Gasteiger partial charge < -0.3 is 30.1 Å². The minimum atomic E-state index is -0.730. The summed E-state index contributed by atoms with van der Waals surface area (Å²) in [6.45, 7) is 3.11. The lowest BCUT2D eigenvalue weighted by Gasteiger charge is -2.47. The quantitative estimate of drug-likeness (QED) is 0.478. The van der Waals surface area contributed by atoms with E-state index in [1.807, 2.05) is 12.1 Å². The third-order valence-corrected chi connectivity index (χ3v) is 6.21. The molecule has 2 aliphatic heterocycles. The van der Waals surface area contributed by atoms with Crippen molar-refractivity contribution >= 4 is 5.96 Å². The second kappa shape index (κ2) is 10.2. The van der Waals surface area contributed by atoms with Crippen LogP contribution in [0, 0.1) is 0 Å². The van der Waals surface area contributed by atoms with Crippen molar-refractivity contribution in [2.24, 2.45) is 4.99 Å². The first kappa shape index (κ1) is 21.7. The van der Waals surface area contributed by atoms with Gasteiger partial charge in [0, 0.05) is 30.7 Å². The lowest BCUT2D eigenvalue weighted by molar-refractivity contribution is 0.0526. The fourth-order valence-electron chi connectivity index (χ4n) is 4.55. The van der Waals surface area contributed by atoms with Gasteiger partial charge >= 0.3 is 0 Å². The van der Waals surface area contributed by atoms with Crippen LogP contribution < -0.4 is 20.1 Å². The lowest BCUT2D eigenvalue weighted by atomic mass is 9.82. The van der Waals surface area contributed by atoms with Gasteiger partial charge in [0.05, 0.1) is 26.9 Å². The Bertz CT molecular complexity index is 660. The van der Waals surface area contributed by atoms with Crippen LogP contribution in [0.3, 0.4) is 0 Å². The molecule has 3 unspecified atom stereocenters. The largest absolute Gasteiger partial charge is 0.497 e. The number of fused-ring (bicyclic) bond motifs is 2. The Morgan fingerprint density at radius 3 is 2.34 bits per heavy atom. The van der Waals surface area contributed by atoms with E-state index in [-0.39, 0.29) is 6.54 Å². The number of hydrogen-bond donors (Lipinski definition) is 3. The molecule has 7 heteroatoms. The average molecular weight is 405 g/mol. The van der Waals surface area contributed by atoms with E-state index in [9.17, 15) is 5.11 Å². The Hall–Kier alpha value is -1.99. The molecule has 3 N–H and O–H groups in total. The van der Waals surface area contributed by atoms with E-state index >= 15 is 0 Å². The van der Waals surface area contributed by atoms with Crippen LogP contribution in [0.4, 0.5) is 0 Å². The van der Waals surface area contributed by atoms with E-state index < -0.39 is 6.10 Å². The molecule has 2 aliphatic rings. The third-order valence-electron chi connectivity index (χ3n) is 6.21. The predicted octanol–water partition coefficient (Wildman–Crippen LogP) is 2.31. The Labute approximate surface area is 174 Å². The minimum absolute atomic E-state index is 0.269. The first-order valence-electron chi connectivity index (χ1n) is 10.7. The summed E-state index contributed by atoms with van der Waals surface area (Å²) in [4.78, 5) is 7.22. The fraction of sp³-hybridized carbons (Fsp3) is 0.682. The van der Waals surface area contributed by atoms with Gasteiger partial charge in [0.2, 0.25) is 0 Å². The van der Waals surface area contributed by atoms with Crippen molar-refractivity contribution in [3.63, 3.8) is 0 Å². The van der Waals surface area contributed by atoms with Crippen LogP contribution in [-0.4, -0.2) is 68.4 Å². The molecule has 3 atom stereocenters. The van der Waals surface area contributed by atoms with Gasteiger partial charge in [-0.15, -0.1) is 0 Å². The molecule has 29 heavy (non-hydrogen) atoms. The highest BCUT2D eigenvalue weighted by atomic mass is 16.5. The first-order chi connectivity index (χ1) is 14.0. The molecule has 1 aromatic rings. The first-order valence-corrected chi connectivity index (χ1v) is 10.7. The van der Waals surface area contributed by atoms with E-state index in [0.717, 1.165) is 30.9 Å². The molecule has 0 amide bonds. The maximum absolute atomic E-state index is 10.7. The summed E-state index contributed by atoms with van der Waals surface area (Å²) in [5, 5.41) is 17.6. The van der Waals surface area contributed by atoms with Crippen LogP contribution in [0.2, 0.25) is 0 Å². The molecule has 2 saturated heterocycles. The Morgan fingerprint density at radius 1 is 1.17 bits per heavy atom. The Morgan fingerprint density at radius 2 is 1.79 bits per heavy atom. The van der Waals surface area contributed by atoms with Gasteiger partial charge in [-0.05, 0) is 57.4 Å². The summed E-state index contributed by atoms with van der Waals surface area (Å²) in [5.41, 5.74) is 0.731. The van der Waals surface area contributed by atoms with Gasteiger partial charge in [-0.1, -0.05) is 6.42 Å². The number of benzene rings is 1. The van der Waals surface area contributed by atoms with Crippen molar-refractivity contribution in [2.45, 2.75) is 63.3 Å². The number of aliphatic imine (C=N–C) groups is 1. The molecule has 2 fully saturated rings. The molecular weight excluding hydrogens is 368 g/mol. The number of hydrogen-bond acceptors (Lipinski definition) is 5.